The molecule has 1 aliphatic heterocycles. The minimum Gasteiger partial charge on any atom is -0.383 e. The summed E-state index contributed by atoms with van der Waals surface area (Å²) < 4.78 is 5.11. The second kappa shape index (κ2) is 13.3. The summed E-state index contributed by atoms with van der Waals surface area (Å²) in [4.78, 5) is 9.17. The summed E-state index contributed by atoms with van der Waals surface area (Å²) >= 11 is 0. The van der Waals surface area contributed by atoms with Crippen LogP contribution in [0.1, 0.15) is 18.9 Å². The van der Waals surface area contributed by atoms with E-state index in [2.05, 4.69) is 69.7 Å². The van der Waals surface area contributed by atoms with Crippen LogP contribution in [0.3, 0.4) is 0 Å². The zero-order valence-corrected chi connectivity index (χ0v) is 19.5. The summed E-state index contributed by atoms with van der Waals surface area (Å²) in [6.07, 6.45) is 1.14. The van der Waals surface area contributed by atoms with Crippen molar-refractivity contribution < 1.29 is 4.74 Å². The molecule has 1 heterocycles. The molecule has 1 aliphatic rings. The average molecular weight is 489 g/mol. The lowest BCUT2D eigenvalue weighted by molar-refractivity contribution is 0.162. The van der Waals surface area contributed by atoms with Crippen molar-refractivity contribution in [2.75, 3.05) is 54.0 Å². The molecular weight excluding hydrogens is 453 g/mol. The first-order valence-corrected chi connectivity index (χ1v) is 9.55. The van der Waals surface area contributed by atoms with Gasteiger partial charge in [0.1, 0.15) is 0 Å². The van der Waals surface area contributed by atoms with Crippen molar-refractivity contribution >= 4 is 29.9 Å². The van der Waals surface area contributed by atoms with Crippen LogP contribution in [0.5, 0.6) is 0 Å². The number of rotatable bonds is 9. The van der Waals surface area contributed by atoms with Gasteiger partial charge in [0.25, 0.3) is 0 Å². The average Bonchev–Trinajstić information content (AvgIpc) is 2.99. The molecule has 6 nitrogen and oxygen atoms in total. The predicted octanol–water partition coefficient (Wildman–Crippen LogP) is 2.01. The molecule has 2 unspecified atom stereocenters. The van der Waals surface area contributed by atoms with Crippen LogP contribution in [-0.2, 0) is 11.3 Å². The van der Waals surface area contributed by atoms with Crippen LogP contribution >= 0.6 is 24.0 Å². The quantitative estimate of drug-likeness (QED) is 0.316. The van der Waals surface area contributed by atoms with Gasteiger partial charge >= 0.3 is 0 Å². The number of methoxy groups -OCH3 is 1. The third kappa shape index (κ3) is 8.76. The molecule has 1 saturated heterocycles. The first kappa shape index (κ1) is 24.1. The molecule has 2 N–H and O–H groups in total. The number of hydrogen-bond acceptors (Lipinski definition) is 4. The SMILES string of the molecule is CN=C(NCCN(C)CCOC)NC1CC(C)N(Cc2ccccc2)C1.I. The summed E-state index contributed by atoms with van der Waals surface area (Å²) in [5.41, 5.74) is 1.38. The normalized spacial score (nSPS) is 20.6. The van der Waals surface area contributed by atoms with E-state index in [4.69, 9.17) is 4.74 Å². The summed E-state index contributed by atoms with van der Waals surface area (Å²) in [7, 11) is 5.68. The van der Waals surface area contributed by atoms with Crippen molar-refractivity contribution in [3.8, 4) is 0 Å². The summed E-state index contributed by atoms with van der Waals surface area (Å²) in [5.74, 6) is 0.893. The molecule has 0 bridgehead atoms. The van der Waals surface area contributed by atoms with Crippen LogP contribution in [0.25, 0.3) is 0 Å². The lowest BCUT2D eigenvalue weighted by Gasteiger charge is -2.21. The van der Waals surface area contributed by atoms with E-state index < -0.39 is 0 Å². The van der Waals surface area contributed by atoms with Crippen LogP contribution in [0.2, 0.25) is 0 Å². The number of nitrogens with one attached hydrogen (secondary N) is 2. The standard InChI is InChI=1S/C20H35N5O.HI/c1-17-14-19(16-25(17)15-18-8-6-5-7-9-18)23-20(21-2)22-10-11-24(3)12-13-26-4;/h5-9,17,19H,10-16H2,1-4H3,(H2,21,22,23);1H. The minimum atomic E-state index is 0. The van der Waals surface area contributed by atoms with Gasteiger partial charge in [0.05, 0.1) is 6.61 Å². The molecule has 0 spiro atoms. The van der Waals surface area contributed by atoms with E-state index in [1.165, 1.54) is 5.56 Å². The van der Waals surface area contributed by atoms with Crippen LogP contribution in [0.15, 0.2) is 35.3 Å². The molecule has 7 heteroatoms. The van der Waals surface area contributed by atoms with Gasteiger partial charge in [0, 0.05) is 59.0 Å². The van der Waals surface area contributed by atoms with Gasteiger partial charge in [-0.15, -0.1) is 24.0 Å². The first-order chi connectivity index (χ1) is 12.6. The Morgan fingerprint density at radius 2 is 2.04 bits per heavy atom. The van der Waals surface area contributed by atoms with E-state index in [-0.39, 0.29) is 24.0 Å². The monoisotopic (exact) mass is 489 g/mol. The van der Waals surface area contributed by atoms with Gasteiger partial charge in [-0.2, -0.15) is 0 Å². The number of halogens is 1. The fraction of sp³-hybridized carbons (Fsp3) is 0.650. The van der Waals surface area contributed by atoms with E-state index in [0.717, 1.165) is 51.7 Å². The molecule has 1 aromatic carbocycles. The maximum absolute atomic E-state index is 5.11. The second-order valence-electron chi connectivity index (χ2n) is 7.14. The minimum absolute atomic E-state index is 0. The van der Waals surface area contributed by atoms with Crippen molar-refractivity contribution in [3.63, 3.8) is 0 Å². The maximum Gasteiger partial charge on any atom is 0.191 e. The van der Waals surface area contributed by atoms with Crippen molar-refractivity contribution in [1.82, 2.24) is 20.4 Å². The Hall–Kier alpha value is -0.900. The van der Waals surface area contributed by atoms with Gasteiger partial charge in [0.2, 0.25) is 0 Å². The molecule has 2 rings (SSSR count). The molecule has 154 valence electrons. The molecule has 1 aromatic rings. The number of nitrogens with zero attached hydrogens (tertiary/aromatic N) is 3. The van der Waals surface area contributed by atoms with Gasteiger partial charge in [-0.25, -0.2) is 0 Å². The van der Waals surface area contributed by atoms with E-state index in [1.807, 2.05) is 7.05 Å². The first-order valence-electron chi connectivity index (χ1n) is 9.55. The highest BCUT2D eigenvalue weighted by Crippen LogP contribution is 2.20. The smallest absolute Gasteiger partial charge is 0.191 e. The number of likely N-dealkylation sites (N-methyl/N-ethyl adjacent to an activating group) is 1. The lowest BCUT2D eigenvalue weighted by Crippen LogP contribution is -2.46. The molecule has 0 amide bonds. The van der Waals surface area contributed by atoms with Gasteiger partial charge < -0.3 is 20.3 Å². The zero-order valence-electron chi connectivity index (χ0n) is 17.1. The lowest BCUT2D eigenvalue weighted by atomic mass is 10.2. The topological polar surface area (TPSA) is 52.1 Å². The van der Waals surface area contributed by atoms with E-state index in [9.17, 15) is 0 Å². The van der Waals surface area contributed by atoms with Gasteiger partial charge in [-0.3, -0.25) is 9.89 Å². The Morgan fingerprint density at radius 1 is 1.30 bits per heavy atom. The number of ether oxygens (including phenoxy) is 1. The number of hydrogen-bond donors (Lipinski definition) is 2. The molecular formula is C20H36IN5O. The molecule has 0 aliphatic carbocycles. The van der Waals surface area contributed by atoms with Crippen LogP contribution in [0, 0.1) is 0 Å². The van der Waals surface area contributed by atoms with Gasteiger partial charge in [-0.05, 0) is 26.0 Å². The molecule has 0 aromatic heterocycles. The molecule has 0 radical (unpaired) electrons. The number of benzene rings is 1. The third-order valence-electron chi connectivity index (χ3n) is 4.96. The number of aliphatic imine (C=N–C) groups is 1. The summed E-state index contributed by atoms with van der Waals surface area (Å²) in [6.45, 7) is 7.91. The Kier molecular flexibility index (Phi) is 11.9. The van der Waals surface area contributed by atoms with Crippen molar-refractivity contribution in [2.24, 2.45) is 4.99 Å². The summed E-state index contributed by atoms with van der Waals surface area (Å²) in [5, 5.41) is 7.00. The van der Waals surface area contributed by atoms with Gasteiger partial charge in [-0.1, -0.05) is 30.3 Å². The van der Waals surface area contributed by atoms with Crippen LogP contribution in [-0.4, -0.2) is 81.8 Å². The Bertz CT molecular complexity index is 542. The molecule has 0 saturated carbocycles. The van der Waals surface area contributed by atoms with Crippen LogP contribution in [0.4, 0.5) is 0 Å². The maximum atomic E-state index is 5.11. The van der Waals surface area contributed by atoms with E-state index in [1.54, 1.807) is 7.11 Å². The second-order valence-corrected chi connectivity index (χ2v) is 7.14. The highest BCUT2D eigenvalue weighted by atomic mass is 127. The fourth-order valence-corrected chi connectivity index (χ4v) is 3.35. The largest absolute Gasteiger partial charge is 0.383 e. The molecule has 27 heavy (non-hydrogen) atoms. The Morgan fingerprint density at radius 3 is 2.70 bits per heavy atom. The Labute approximate surface area is 181 Å². The number of likely N-dealkylation sites (tertiary alicyclic amines) is 1. The highest BCUT2D eigenvalue weighted by molar-refractivity contribution is 14.0. The zero-order chi connectivity index (χ0) is 18.8. The molecule has 2 atom stereocenters. The third-order valence-corrected chi connectivity index (χ3v) is 4.96. The van der Waals surface area contributed by atoms with Crippen molar-refractivity contribution in [1.29, 1.82) is 0 Å². The summed E-state index contributed by atoms with van der Waals surface area (Å²) in [6, 6.07) is 11.7. The van der Waals surface area contributed by atoms with Crippen molar-refractivity contribution in [3.05, 3.63) is 35.9 Å². The molecule has 1 fully saturated rings. The van der Waals surface area contributed by atoms with E-state index >= 15 is 0 Å². The fourth-order valence-electron chi connectivity index (χ4n) is 3.35. The predicted molar refractivity (Wildman–Crippen MR) is 124 cm³/mol. The van der Waals surface area contributed by atoms with Crippen molar-refractivity contribution in [2.45, 2.75) is 32.0 Å². The van der Waals surface area contributed by atoms with Gasteiger partial charge in [0.15, 0.2) is 5.96 Å². The Balaban J connectivity index is 0.00000364. The highest BCUT2D eigenvalue weighted by Gasteiger charge is 2.29. The van der Waals surface area contributed by atoms with Crippen LogP contribution < -0.4 is 10.6 Å². The number of guanidine groups is 1. The van der Waals surface area contributed by atoms with E-state index in [0.29, 0.717) is 12.1 Å².